The molecular formula is C8H16N2O2. The van der Waals surface area contributed by atoms with Gasteiger partial charge in [0.05, 0.1) is 19.2 Å². The number of urea groups is 1. The van der Waals surface area contributed by atoms with E-state index in [0.29, 0.717) is 13.1 Å². The summed E-state index contributed by atoms with van der Waals surface area (Å²) < 4.78 is 0. The van der Waals surface area contributed by atoms with Crippen LogP contribution in [-0.4, -0.2) is 40.8 Å². The Kier molecular flexibility index (Phi) is 2.28. The lowest BCUT2D eigenvalue weighted by Crippen LogP contribution is -2.59. The number of likely N-dealkylation sites (tertiary alicyclic amines) is 1. The van der Waals surface area contributed by atoms with E-state index in [9.17, 15) is 4.79 Å². The number of carbonyl (C=O) groups excluding carboxylic acids is 1. The summed E-state index contributed by atoms with van der Waals surface area (Å²) in [5, 5.41) is 11.8. The fraction of sp³-hybridized carbons (Fsp3) is 0.875. The van der Waals surface area contributed by atoms with E-state index in [1.807, 2.05) is 20.8 Å². The van der Waals surface area contributed by atoms with Gasteiger partial charge in [-0.2, -0.15) is 0 Å². The van der Waals surface area contributed by atoms with Gasteiger partial charge in [0.2, 0.25) is 0 Å². The number of hydrogen-bond donors (Lipinski definition) is 2. The summed E-state index contributed by atoms with van der Waals surface area (Å²) in [6.07, 6.45) is -0.323. The predicted octanol–water partition coefficient (Wildman–Crippen LogP) is 0.171. The van der Waals surface area contributed by atoms with E-state index >= 15 is 0 Å². The van der Waals surface area contributed by atoms with Gasteiger partial charge in [-0.1, -0.05) is 0 Å². The summed E-state index contributed by atoms with van der Waals surface area (Å²) in [5.74, 6) is 0. The van der Waals surface area contributed by atoms with Crippen LogP contribution in [0.15, 0.2) is 0 Å². The van der Waals surface area contributed by atoms with Crippen LogP contribution in [0.5, 0.6) is 0 Å². The van der Waals surface area contributed by atoms with E-state index in [1.165, 1.54) is 0 Å². The summed E-state index contributed by atoms with van der Waals surface area (Å²) in [6, 6.07) is -0.0900. The largest absolute Gasteiger partial charge is 0.389 e. The maximum absolute atomic E-state index is 11.3. The zero-order valence-electron chi connectivity index (χ0n) is 7.79. The molecule has 2 N–H and O–H groups in total. The first-order valence-corrected chi connectivity index (χ1v) is 4.13. The number of hydrogen-bond acceptors (Lipinski definition) is 2. The summed E-state index contributed by atoms with van der Waals surface area (Å²) in [7, 11) is 0. The molecule has 1 aliphatic heterocycles. The second-order valence-electron chi connectivity index (χ2n) is 4.24. The Bertz CT molecular complexity index is 180. The molecule has 0 aromatic heterocycles. The number of β-amino-alcohol motifs (C(OH)–C–C–N with tert-alkyl or cyclic N) is 1. The molecule has 4 heteroatoms. The summed E-state index contributed by atoms with van der Waals surface area (Å²) in [6.45, 7) is 6.72. The molecule has 4 nitrogen and oxygen atoms in total. The molecule has 0 atom stereocenters. The summed E-state index contributed by atoms with van der Waals surface area (Å²) in [5.41, 5.74) is -0.197. The van der Waals surface area contributed by atoms with Crippen molar-refractivity contribution in [3.63, 3.8) is 0 Å². The van der Waals surface area contributed by atoms with Crippen LogP contribution in [0, 0.1) is 0 Å². The van der Waals surface area contributed by atoms with Crippen molar-refractivity contribution in [1.82, 2.24) is 10.2 Å². The van der Waals surface area contributed by atoms with Crippen molar-refractivity contribution >= 4 is 6.03 Å². The molecule has 0 spiro atoms. The second-order valence-corrected chi connectivity index (χ2v) is 4.24. The van der Waals surface area contributed by atoms with Gasteiger partial charge in [0.1, 0.15) is 0 Å². The minimum atomic E-state index is -0.323. The van der Waals surface area contributed by atoms with E-state index in [1.54, 1.807) is 4.90 Å². The van der Waals surface area contributed by atoms with E-state index < -0.39 is 0 Å². The van der Waals surface area contributed by atoms with Crippen LogP contribution in [-0.2, 0) is 0 Å². The van der Waals surface area contributed by atoms with Gasteiger partial charge in [0, 0.05) is 5.54 Å². The van der Waals surface area contributed by atoms with Crippen LogP contribution < -0.4 is 5.32 Å². The zero-order chi connectivity index (χ0) is 9.35. The van der Waals surface area contributed by atoms with Gasteiger partial charge < -0.3 is 15.3 Å². The van der Waals surface area contributed by atoms with Crippen molar-refractivity contribution in [3.8, 4) is 0 Å². The molecule has 0 saturated carbocycles. The van der Waals surface area contributed by atoms with Crippen LogP contribution >= 0.6 is 0 Å². The van der Waals surface area contributed by atoms with Gasteiger partial charge in [-0.25, -0.2) is 4.79 Å². The van der Waals surface area contributed by atoms with Crippen molar-refractivity contribution in [3.05, 3.63) is 0 Å². The molecule has 2 amide bonds. The van der Waals surface area contributed by atoms with Crippen LogP contribution in [0.2, 0.25) is 0 Å². The normalized spacial score (nSPS) is 18.8. The first-order chi connectivity index (χ1) is 5.38. The third-order valence-corrected chi connectivity index (χ3v) is 1.63. The fourth-order valence-corrected chi connectivity index (χ4v) is 1.02. The predicted molar refractivity (Wildman–Crippen MR) is 45.9 cm³/mol. The number of aliphatic hydroxyl groups excluding tert-OH is 1. The first kappa shape index (κ1) is 9.32. The highest BCUT2D eigenvalue weighted by Crippen LogP contribution is 2.09. The number of aliphatic hydroxyl groups is 1. The zero-order valence-corrected chi connectivity index (χ0v) is 7.79. The van der Waals surface area contributed by atoms with E-state index in [0.717, 1.165) is 0 Å². The van der Waals surface area contributed by atoms with Gasteiger partial charge in [-0.3, -0.25) is 0 Å². The fourth-order valence-electron chi connectivity index (χ4n) is 1.02. The topological polar surface area (TPSA) is 52.6 Å². The molecule has 0 unspecified atom stereocenters. The van der Waals surface area contributed by atoms with Crippen LogP contribution in [0.3, 0.4) is 0 Å². The minimum Gasteiger partial charge on any atom is -0.389 e. The lowest BCUT2D eigenvalue weighted by Gasteiger charge is -2.37. The highest BCUT2D eigenvalue weighted by molar-refractivity contribution is 5.75. The van der Waals surface area contributed by atoms with E-state index in [4.69, 9.17) is 5.11 Å². The lowest BCUT2D eigenvalue weighted by atomic mass is 10.1. The quantitative estimate of drug-likeness (QED) is 0.547. The number of amides is 2. The standard InChI is InChI=1S/C8H16N2O2/c1-8(2,3)9-7(12)10-4-6(11)5-10/h6,11H,4-5H2,1-3H3,(H,9,12). The average Bonchev–Trinajstić information content (AvgIpc) is 1.76. The lowest BCUT2D eigenvalue weighted by molar-refractivity contribution is 0.0248. The third kappa shape index (κ3) is 2.37. The second kappa shape index (κ2) is 2.94. The molecule has 0 aliphatic carbocycles. The Morgan fingerprint density at radius 3 is 2.33 bits per heavy atom. The number of nitrogens with one attached hydrogen (secondary N) is 1. The Morgan fingerprint density at radius 1 is 1.50 bits per heavy atom. The first-order valence-electron chi connectivity index (χ1n) is 4.13. The Balaban J connectivity index is 2.30. The number of carbonyl (C=O) groups is 1. The Morgan fingerprint density at radius 2 is 2.00 bits per heavy atom. The van der Waals surface area contributed by atoms with Crippen molar-refractivity contribution in [2.45, 2.75) is 32.4 Å². The van der Waals surface area contributed by atoms with Gasteiger partial charge in [-0.15, -0.1) is 0 Å². The molecule has 12 heavy (non-hydrogen) atoms. The van der Waals surface area contributed by atoms with E-state index in [-0.39, 0.29) is 17.7 Å². The SMILES string of the molecule is CC(C)(C)NC(=O)N1CC(O)C1. The minimum absolute atomic E-state index is 0.0900. The molecular weight excluding hydrogens is 156 g/mol. The molecule has 1 heterocycles. The molecule has 0 bridgehead atoms. The highest BCUT2D eigenvalue weighted by atomic mass is 16.3. The monoisotopic (exact) mass is 172 g/mol. The maximum atomic E-state index is 11.3. The van der Waals surface area contributed by atoms with Crippen molar-refractivity contribution in [2.24, 2.45) is 0 Å². The Hall–Kier alpha value is -0.770. The van der Waals surface area contributed by atoms with Crippen molar-refractivity contribution in [1.29, 1.82) is 0 Å². The molecule has 70 valence electrons. The number of rotatable bonds is 0. The molecule has 0 aromatic rings. The molecule has 0 radical (unpaired) electrons. The van der Waals surface area contributed by atoms with Crippen LogP contribution in [0.25, 0.3) is 0 Å². The van der Waals surface area contributed by atoms with Crippen molar-refractivity contribution < 1.29 is 9.90 Å². The van der Waals surface area contributed by atoms with Crippen LogP contribution in [0.4, 0.5) is 4.79 Å². The smallest absolute Gasteiger partial charge is 0.317 e. The molecule has 1 fully saturated rings. The van der Waals surface area contributed by atoms with Crippen molar-refractivity contribution in [2.75, 3.05) is 13.1 Å². The summed E-state index contributed by atoms with van der Waals surface area (Å²) in [4.78, 5) is 12.9. The molecule has 1 aliphatic rings. The summed E-state index contributed by atoms with van der Waals surface area (Å²) >= 11 is 0. The average molecular weight is 172 g/mol. The van der Waals surface area contributed by atoms with Gasteiger partial charge in [-0.05, 0) is 20.8 Å². The molecule has 1 saturated heterocycles. The van der Waals surface area contributed by atoms with E-state index in [2.05, 4.69) is 5.32 Å². The van der Waals surface area contributed by atoms with Crippen LogP contribution in [0.1, 0.15) is 20.8 Å². The third-order valence-electron chi connectivity index (χ3n) is 1.63. The highest BCUT2D eigenvalue weighted by Gasteiger charge is 2.30. The Labute approximate surface area is 72.6 Å². The van der Waals surface area contributed by atoms with Gasteiger partial charge in [0.25, 0.3) is 0 Å². The molecule has 1 rings (SSSR count). The van der Waals surface area contributed by atoms with Gasteiger partial charge in [0.15, 0.2) is 0 Å². The number of nitrogens with zero attached hydrogens (tertiary/aromatic N) is 1. The van der Waals surface area contributed by atoms with Gasteiger partial charge >= 0.3 is 6.03 Å². The molecule has 0 aromatic carbocycles. The maximum Gasteiger partial charge on any atom is 0.317 e.